The van der Waals surface area contributed by atoms with Gasteiger partial charge in [-0.1, -0.05) is 6.07 Å². The van der Waals surface area contributed by atoms with Crippen LogP contribution in [0, 0.1) is 12.7 Å². The number of carbonyl (C=O) groups is 1. The van der Waals surface area contributed by atoms with Gasteiger partial charge < -0.3 is 5.11 Å². The minimum Gasteiger partial charge on any atom is -0.481 e. The van der Waals surface area contributed by atoms with Crippen LogP contribution in [0.1, 0.15) is 16.7 Å². The highest BCUT2D eigenvalue weighted by Crippen LogP contribution is 2.33. The van der Waals surface area contributed by atoms with Crippen molar-refractivity contribution in [3.8, 4) is 0 Å². The third-order valence-corrected chi connectivity index (χ3v) is 2.04. The predicted molar refractivity (Wildman–Crippen MR) is 47.5 cm³/mol. The number of alkyl halides is 3. The fourth-order valence-electron chi connectivity index (χ4n) is 1.35. The maximum absolute atomic E-state index is 13.2. The van der Waals surface area contributed by atoms with E-state index in [0.717, 1.165) is 13.0 Å². The molecule has 1 rings (SSSR count). The van der Waals surface area contributed by atoms with E-state index in [-0.39, 0.29) is 11.1 Å². The van der Waals surface area contributed by atoms with E-state index in [1.54, 1.807) is 0 Å². The highest BCUT2D eigenvalue weighted by Gasteiger charge is 2.33. The first-order valence-corrected chi connectivity index (χ1v) is 4.30. The van der Waals surface area contributed by atoms with Crippen molar-refractivity contribution < 1.29 is 27.5 Å². The fraction of sp³-hybridized carbons (Fsp3) is 0.300. The number of rotatable bonds is 2. The normalized spacial score (nSPS) is 11.6. The summed E-state index contributed by atoms with van der Waals surface area (Å²) in [4.78, 5) is 10.3. The quantitative estimate of drug-likeness (QED) is 0.801. The molecule has 0 aliphatic rings. The van der Waals surface area contributed by atoms with Crippen molar-refractivity contribution >= 4 is 5.97 Å². The van der Waals surface area contributed by atoms with Gasteiger partial charge in [0.2, 0.25) is 0 Å². The number of halogens is 4. The van der Waals surface area contributed by atoms with Gasteiger partial charge in [-0.25, -0.2) is 4.39 Å². The summed E-state index contributed by atoms with van der Waals surface area (Å²) < 4.78 is 50.2. The van der Waals surface area contributed by atoms with Gasteiger partial charge >= 0.3 is 12.1 Å². The van der Waals surface area contributed by atoms with Crippen molar-refractivity contribution in [3.63, 3.8) is 0 Å². The van der Waals surface area contributed by atoms with Gasteiger partial charge in [0.15, 0.2) is 0 Å². The van der Waals surface area contributed by atoms with Crippen LogP contribution in [0.25, 0.3) is 0 Å². The Labute approximate surface area is 88.5 Å². The van der Waals surface area contributed by atoms with Crippen LogP contribution in [0.5, 0.6) is 0 Å². The topological polar surface area (TPSA) is 37.3 Å². The summed E-state index contributed by atoms with van der Waals surface area (Å²) in [6, 6.07) is 1.24. The van der Waals surface area contributed by atoms with Crippen LogP contribution < -0.4 is 0 Å². The SMILES string of the molecule is Cc1cc(CC(=O)O)c(F)cc1C(F)(F)F. The van der Waals surface area contributed by atoms with E-state index >= 15 is 0 Å². The average molecular weight is 236 g/mol. The van der Waals surface area contributed by atoms with Crippen LogP contribution in [-0.4, -0.2) is 11.1 Å². The van der Waals surface area contributed by atoms with Gasteiger partial charge in [0.05, 0.1) is 12.0 Å². The molecule has 0 saturated heterocycles. The summed E-state index contributed by atoms with van der Waals surface area (Å²) in [6.07, 6.45) is -5.27. The van der Waals surface area contributed by atoms with Crippen LogP contribution in [-0.2, 0) is 17.4 Å². The van der Waals surface area contributed by atoms with Gasteiger partial charge in [-0.3, -0.25) is 4.79 Å². The van der Waals surface area contributed by atoms with E-state index in [9.17, 15) is 22.4 Å². The van der Waals surface area contributed by atoms with Crippen LogP contribution in [0.15, 0.2) is 12.1 Å². The Kier molecular flexibility index (Phi) is 3.21. The number of aryl methyl sites for hydroxylation is 1. The Morgan fingerprint density at radius 1 is 1.38 bits per heavy atom. The van der Waals surface area contributed by atoms with Crippen molar-refractivity contribution in [3.05, 3.63) is 34.6 Å². The molecule has 1 N–H and O–H groups in total. The third-order valence-electron chi connectivity index (χ3n) is 2.04. The Hall–Kier alpha value is -1.59. The molecule has 16 heavy (non-hydrogen) atoms. The molecular formula is C10H8F4O2. The zero-order chi connectivity index (χ0) is 12.5. The summed E-state index contributed by atoms with van der Waals surface area (Å²) in [5, 5.41) is 8.42. The molecule has 0 unspecified atom stereocenters. The minimum atomic E-state index is -4.63. The molecule has 1 aromatic rings. The van der Waals surface area contributed by atoms with Crippen LogP contribution in [0.2, 0.25) is 0 Å². The smallest absolute Gasteiger partial charge is 0.416 e. The van der Waals surface area contributed by atoms with Crippen molar-refractivity contribution in [2.24, 2.45) is 0 Å². The molecule has 0 aliphatic carbocycles. The highest BCUT2D eigenvalue weighted by molar-refractivity contribution is 5.70. The lowest BCUT2D eigenvalue weighted by Crippen LogP contribution is -2.10. The number of hydrogen-bond donors (Lipinski definition) is 1. The van der Waals surface area contributed by atoms with Crippen molar-refractivity contribution in [2.75, 3.05) is 0 Å². The maximum Gasteiger partial charge on any atom is 0.416 e. The van der Waals surface area contributed by atoms with E-state index < -0.39 is 29.9 Å². The lowest BCUT2D eigenvalue weighted by Gasteiger charge is -2.11. The molecule has 1 aromatic carbocycles. The van der Waals surface area contributed by atoms with Crippen LogP contribution >= 0.6 is 0 Å². The molecule has 0 aromatic heterocycles. The van der Waals surface area contributed by atoms with Gasteiger partial charge in [0, 0.05) is 0 Å². The standard InChI is InChI=1S/C10H8F4O2/c1-5-2-6(3-9(15)16)8(11)4-7(5)10(12,13)14/h2,4H,3H2,1H3,(H,15,16). The Bertz CT molecular complexity index is 424. The number of hydrogen-bond acceptors (Lipinski definition) is 1. The first kappa shape index (κ1) is 12.5. The van der Waals surface area contributed by atoms with Crippen LogP contribution in [0.4, 0.5) is 17.6 Å². The lowest BCUT2D eigenvalue weighted by atomic mass is 10.0. The minimum absolute atomic E-state index is 0.190. The van der Waals surface area contributed by atoms with E-state index in [4.69, 9.17) is 5.11 Å². The van der Waals surface area contributed by atoms with Gasteiger partial charge in [0.1, 0.15) is 5.82 Å². The van der Waals surface area contributed by atoms with E-state index in [1.807, 2.05) is 0 Å². The van der Waals surface area contributed by atoms with Gasteiger partial charge in [-0.2, -0.15) is 13.2 Å². The second-order valence-electron chi connectivity index (χ2n) is 3.33. The molecule has 0 bridgehead atoms. The molecule has 88 valence electrons. The summed E-state index contributed by atoms with van der Waals surface area (Å²) in [5.41, 5.74) is -1.53. The van der Waals surface area contributed by atoms with E-state index in [2.05, 4.69) is 0 Å². The highest BCUT2D eigenvalue weighted by atomic mass is 19.4. The molecule has 6 heteroatoms. The second kappa shape index (κ2) is 4.11. The molecule has 0 radical (unpaired) electrons. The van der Waals surface area contributed by atoms with Crippen molar-refractivity contribution in [1.82, 2.24) is 0 Å². The summed E-state index contributed by atoms with van der Waals surface area (Å²) in [6.45, 7) is 1.16. The predicted octanol–water partition coefficient (Wildman–Crippen LogP) is 2.78. The number of carboxylic acid groups (broad SMARTS) is 1. The molecule has 0 amide bonds. The van der Waals surface area contributed by atoms with Crippen LogP contribution in [0.3, 0.4) is 0 Å². The molecule has 0 aliphatic heterocycles. The summed E-state index contributed by atoms with van der Waals surface area (Å²) in [7, 11) is 0. The number of benzene rings is 1. The largest absolute Gasteiger partial charge is 0.481 e. The summed E-state index contributed by atoms with van der Waals surface area (Å²) >= 11 is 0. The molecule has 0 spiro atoms. The van der Waals surface area contributed by atoms with Crippen molar-refractivity contribution in [1.29, 1.82) is 0 Å². The third kappa shape index (κ3) is 2.71. The Morgan fingerprint density at radius 2 is 1.94 bits per heavy atom. The molecular weight excluding hydrogens is 228 g/mol. The summed E-state index contributed by atoms with van der Waals surface area (Å²) in [5.74, 6) is -2.45. The molecule has 0 fully saturated rings. The van der Waals surface area contributed by atoms with Gasteiger partial charge in [-0.05, 0) is 24.1 Å². The van der Waals surface area contributed by atoms with Gasteiger partial charge in [0.25, 0.3) is 0 Å². The van der Waals surface area contributed by atoms with Gasteiger partial charge in [-0.15, -0.1) is 0 Å². The number of carboxylic acids is 1. The lowest BCUT2D eigenvalue weighted by molar-refractivity contribution is -0.138. The molecule has 0 atom stereocenters. The fourth-order valence-corrected chi connectivity index (χ4v) is 1.35. The molecule has 0 saturated carbocycles. The average Bonchev–Trinajstić information content (AvgIpc) is 2.07. The van der Waals surface area contributed by atoms with Crippen molar-refractivity contribution in [2.45, 2.75) is 19.5 Å². The molecule has 0 heterocycles. The maximum atomic E-state index is 13.2. The van der Waals surface area contributed by atoms with E-state index in [1.165, 1.54) is 0 Å². The second-order valence-corrected chi connectivity index (χ2v) is 3.33. The Balaban J connectivity index is 3.22. The monoisotopic (exact) mass is 236 g/mol. The number of aliphatic carboxylic acids is 1. The first-order valence-electron chi connectivity index (χ1n) is 4.30. The first-order chi connectivity index (χ1) is 7.21. The molecule has 2 nitrogen and oxygen atoms in total. The Morgan fingerprint density at radius 3 is 2.38 bits per heavy atom. The zero-order valence-corrected chi connectivity index (χ0v) is 8.23. The zero-order valence-electron chi connectivity index (χ0n) is 8.23. The van der Waals surface area contributed by atoms with E-state index in [0.29, 0.717) is 6.07 Å².